The fraction of sp³-hybridized carbons (Fsp3) is 0.478. The van der Waals surface area contributed by atoms with E-state index in [-0.39, 0.29) is 6.10 Å². The molecule has 0 amide bonds. The van der Waals surface area contributed by atoms with Crippen molar-refractivity contribution >= 4 is 0 Å². The zero-order valence-electron chi connectivity index (χ0n) is 14.8. The van der Waals surface area contributed by atoms with E-state index in [1.165, 1.54) is 30.4 Å². The van der Waals surface area contributed by atoms with E-state index in [0.29, 0.717) is 11.8 Å². The van der Waals surface area contributed by atoms with Crippen molar-refractivity contribution in [2.45, 2.75) is 44.1 Å². The summed E-state index contributed by atoms with van der Waals surface area (Å²) in [6.07, 6.45) is 4.29. The Balaban J connectivity index is 1.75. The SMILES string of the molecule is COC1C(c2ccccc2)CC2CC(C)CC2C1c1ccccc1. The molecule has 126 valence electrons. The first kappa shape index (κ1) is 15.9. The first-order valence-electron chi connectivity index (χ1n) is 9.40. The monoisotopic (exact) mass is 320 g/mol. The number of benzene rings is 2. The minimum Gasteiger partial charge on any atom is -0.380 e. The molecule has 0 radical (unpaired) electrons. The Kier molecular flexibility index (Phi) is 4.45. The van der Waals surface area contributed by atoms with Crippen LogP contribution in [-0.4, -0.2) is 13.2 Å². The maximum absolute atomic E-state index is 6.17. The highest BCUT2D eigenvalue weighted by atomic mass is 16.5. The van der Waals surface area contributed by atoms with Crippen LogP contribution in [0.1, 0.15) is 49.1 Å². The molecule has 4 rings (SSSR count). The Morgan fingerprint density at radius 2 is 1.42 bits per heavy atom. The predicted octanol–water partition coefficient (Wildman–Crippen LogP) is 5.64. The molecule has 0 spiro atoms. The Morgan fingerprint density at radius 3 is 2.04 bits per heavy atom. The van der Waals surface area contributed by atoms with E-state index in [0.717, 1.165) is 17.8 Å². The van der Waals surface area contributed by atoms with Crippen LogP contribution in [0.5, 0.6) is 0 Å². The number of hydrogen-bond donors (Lipinski definition) is 0. The van der Waals surface area contributed by atoms with Crippen LogP contribution < -0.4 is 0 Å². The predicted molar refractivity (Wildman–Crippen MR) is 99.2 cm³/mol. The largest absolute Gasteiger partial charge is 0.380 e. The highest BCUT2D eigenvalue weighted by Gasteiger charge is 2.49. The van der Waals surface area contributed by atoms with Crippen molar-refractivity contribution in [1.29, 1.82) is 0 Å². The van der Waals surface area contributed by atoms with Crippen molar-refractivity contribution in [1.82, 2.24) is 0 Å². The standard InChI is InChI=1S/C23H28O/c1-16-13-19-15-21(17-9-5-3-6-10-17)23(24-2)22(20(19)14-16)18-11-7-4-8-12-18/h3-12,16,19-23H,13-15H2,1-2H3. The number of fused-ring (bicyclic) bond motifs is 1. The van der Waals surface area contributed by atoms with E-state index in [1.807, 2.05) is 7.11 Å². The maximum atomic E-state index is 6.17. The van der Waals surface area contributed by atoms with Gasteiger partial charge >= 0.3 is 0 Å². The van der Waals surface area contributed by atoms with Crippen LogP contribution in [0.2, 0.25) is 0 Å². The molecule has 0 aromatic heterocycles. The van der Waals surface area contributed by atoms with Crippen molar-refractivity contribution in [2.75, 3.05) is 7.11 Å². The molecule has 2 aromatic rings. The van der Waals surface area contributed by atoms with Crippen LogP contribution >= 0.6 is 0 Å². The lowest BCUT2D eigenvalue weighted by Crippen LogP contribution is -2.40. The smallest absolute Gasteiger partial charge is 0.0711 e. The van der Waals surface area contributed by atoms with E-state index in [2.05, 4.69) is 67.6 Å². The van der Waals surface area contributed by atoms with Crippen LogP contribution in [-0.2, 0) is 4.74 Å². The molecule has 6 unspecified atom stereocenters. The van der Waals surface area contributed by atoms with E-state index in [9.17, 15) is 0 Å². The van der Waals surface area contributed by atoms with Gasteiger partial charge in [0.05, 0.1) is 6.10 Å². The Bertz CT molecular complexity index is 650. The second kappa shape index (κ2) is 6.72. The second-order valence-electron chi connectivity index (χ2n) is 7.89. The summed E-state index contributed by atoms with van der Waals surface area (Å²) < 4.78 is 6.17. The number of rotatable bonds is 3. The summed E-state index contributed by atoms with van der Waals surface area (Å²) in [5.41, 5.74) is 2.91. The van der Waals surface area contributed by atoms with Crippen molar-refractivity contribution in [3.05, 3.63) is 71.8 Å². The molecule has 0 saturated heterocycles. The lowest BCUT2D eigenvalue weighted by atomic mass is 9.63. The minimum absolute atomic E-state index is 0.279. The molecule has 2 saturated carbocycles. The first-order valence-corrected chi connectivity index (χ1v) is 9.40. The molecule has 24 heavy (non-hydrogen) atoms. The fourth-order valence-corrected chi connectivity index (χ4v) is 5.56. The topological polar surface area (TPSA) is 9.23 Å². The van der Waals surface area contributed by atoms with Crippen LogP contribution in [0.4, 0.5) is 0 Å². The fourth-order valence-electron chi connectivity index (χ4n) is 5.56. The van der Waals surface area contributed by atoms with Gasteiger partial charge in [0.1, 0.15) is 0 Å². The van der Waals surface area contributed by atoms with Gasteiger partial charge in [0.15, 0.2) is 0 Å². The van der Waals surface area contributed by atoms with Gasteiger partial charge in [-0.1, -0.05) is 67.6 Å². The molecule has 2 aliphatic rings. The van der Waals surface area contributed by atoms with E-state index in [4.69, 9.17) is 4.74 Å². The van der Waals surface area contributed by atoms with Crippen LogP contribution in [0.15, 0.2) is 60.7 Å². The lowest BCUT2D eigenvalue weighted by Gasteiger charge is -2.45. The number of ether oxygens (including phenoxy) is 1. The quantitative estimate of drug-likeness (QED) is 0.711. The summed E-state index contributed by atoms with van der Waals surface area (Å²) in [7, 11) is 1.91. The van der Waals surface area contributed by atoms with Gasteiger partial charge in [0.2, 0.25) is 0 Å². The summed E-state index contributed by atoms with van der Waals surface area (Å²) in [5.74, 6) is 3.48. The maximum Gasteiger partial charge on any atom is 0.0711 e. The second-order valence-corrected chi connectivity index (χ2v) is 7.89. The molecule has 2 aromatic carbocycles. The van der Waals surface area contributed by atoms with E-state index in [1.54, 1.807) is 0 Å². The zero-order valence-corrected chi connectivity index (χ0v) is 14.8. The van der Waals surface area contributed by atoms with Gasteiger partial charge in [-0.25, -0.2) is 0 Å². The Morgan fingerprint density at radius 1 is 0.792 bits per heavy atom. The third kappa shape index (κ3) is 2.80. The Labute approximate surface area is 146 Å². The van der Waals surface area contributed by atoms with Gasteiger partial charge in [-0.15, -0.1) is 0 Å². The molecule has 1 heteroatoms. The van der Waals surface area contributed by atoms with E-state index < -0.39 is 0 Å². The zero-order chi connectivity index (χ0) is 16.5. The number of hydrogen-bond acceptors (Lipinski definition) is 1. The average molecular weight is 320 g/mol. The summed E-state index contributed by atoms with van der Waals surface area (Å²) in [5, 5.41) is 0. The van der Waals surface area contributed by atoms with Crippen LogP contribution in [0.25, 0.3) is 0 Å². The molecule has 0 N–H and O–H groups in total. The molecule has 0 aliphatic heterocycles. The summed E-state index contributed by atoms with van der Waals surface area (Å²) in [6.45, 7) is 2.43. The first-order chi connectivity index (χ1) is 11.8. The third-order valence-electron chi connectivity index (χ3n) is 6.44. The van der Waals surface area contributed by atoms with Crippen LogP contribution in [0, 0.1) is 17.8 Å². The number of methoxy groups -OCH3 is 1. The Hall–Kier alpha value is -1.60. The van der Waals surface area contributed by atoms with Crippen molar-refractivity contribution < 1.29 is 4.74 Å². The van der Waals surface area contributed by atoms with Crippen molar-refractivity contribution in [3.8, 4) is 0 Å². The average Bonchev–Trinajstić information content (AvgIpc) is 3.01. The normalized spacial score (nSPS) is 35.6. The van der Waals surface area contributed by atoms with Gasteiger partial charge in [0, 0.05) is 18.9 Å². The minimum atomic E-state index is 0.279. The van der Waals surface area contributed by atoms with Gasteiger partial charge in [0.25, 0.3) is 0 Å². The van der Waals surface area contributed by atoms with Gasteiger partial charge in [-0.3, -0.25) is 0 Å². The lowest BCUT2D eigenvalue weighted by molar-refractivity contribution is -0.00368. The molecular formula is C23H28O. The van der Waals surface area contributed by atoms with Crippen LogP contribution in [0.3, 0.4) is 0 Å². The molecular weight excluding hydrogens is 292 g/mol. The summed E-state index contributed by atoms with van der Waals surface area (Å²) in [4.78, 5) is 0. The summed E-state index contributed by atoms with van der Waals surface area (Å²) in [6, 6.07) is 22.1. The molecule has 2 fully saturated rings. The third-order valence-corrected chi connectivity index (χ3v) is 6.44. The van der Waals surface area contributed by atoms with Crippen molar-refractivity contribution in [2.24, 2.45) is 17.8 Å². The van der Waals surface area contributed by atoms with Gasteiger partial charge < -0.3 is 4.74 Å². The molecule has 2 aliphatic carbocycles. The molecule has 0 bridgehead atoms. The van der Waals surface area contributed by atoms with Gasteiger partial charge in [-0.2, -0.15) is 0 Å². The molecule has 0 heterocycles. The molecule has 6 atom stereocenters. The van der Waals surface area contributed by atoms with Gasteiger partial charge in [-0.05, 0) is 48.1 Å². The highest BCUT2D eigenvalue weighted by Crippen LogP contribution is 2.56. The highest BCUT2D eigenvalue weighted by molar-refractivity contribution is 5.30. The summed E-state index contributed by atoms with van der Waals surface area (Å²) >= 11 is 0. The van der Waals surface area contributed by atoms with Crippen molar-refractivity contribution in [3.63, 3.8) is 0 Å². The molecule has 1 nitrogen and oxygen atoms in total. The van der Waals surface area contributed by atoms with E-state index >= 15 is 0 Å².